The summed E-state index contributed by atoms with van der Waals surface area (Å²) < 4.78 is 0. The Bertz CT molecular complexity index is 703. The van der Waals surface area contributed by atoms with Gasteiger partial charge >= 0.3 is 0 Å². The molecule has 1 atom stereocenters. The molecule has 0 aromatic heterocycles. The molecule has 1 nitrogen and oxygen atoms in total. The summed E-state index contributed by atoms with van der Waals surface area (Å²) in [6.45, 7) is 0. The Hall–Kier alpha value is -2.67. The van der Waals surface area contributed by atoms with E-state index in [2.05, 4.69) is 60.7 Å². The molecule has 0 fully saturated rings. The van der Waals surface area contributed by atoms with Crippen LogP contribution in [0.4, 0.5) is 0 Å². The summed E-state index contributed by atoms with van der Waals surface area (Å²) in [5.41, 5.74) is 3.69. The van der Waals surface area contributed by atoms with Crippen molar-refractivity contribution in [2.24, 2.45) is 4.99 Å². The second kappa shape index (κ2) is 7.37. The molecule has 0 amide bonds. The molecule has 22 heavy (non-hydrogen) atoms. The van der Waals surface area contributed by atoms with Crippen LogP contribution in [0.3, 0.4) is 0 Å². The topological polar surface area (TPSA) is 12.4 Å². The van der Waals surface area contributed by atoms with Gasteiger partial charge in [0, 0.05) is 6.21 Å². The van der Waals surface area contributed by atoms with Gasteiger partial charge in [-0.1, -0.05) is 91.0 Å². The predicted octanol–water partition coefficient (Wildman–Crippen LogP) is 5.09. The van der Waals surface area contributed by atoms with Crippen LogP contribution in [-0.2, 0) is 6.42 Å². The van der Waals surface area contributed by atoms with Gasteiger partial charge in [-0.25, -0.2) is 0 Å². The van der Waals surface area contributed by atoms with Crippen LogP contribution in [0.1, 0.15) is 22.7 Å². The maximum absolute atomic E-state index is 4.83. The second-order valence-electron chi connectivity index (χ2n) is 5.31. The molecule has 0 aliphatic carbocycles. The van der Waals surface area contributed by atoms with E-state index in [1.165, 1.54) is 11.1 Å². The van der Waals surface area contributed by atoms with Crippen LogP contribution in [0, 0.1) is 0 Å². The van der Waals surface area contributed by atoms with Crippen molar-refractivity contribution in [3.05, 3.63) is 108 Å². The summed E-state index contributed by atoms with van der Waals surface area (Å²) >= 11 is 0. The van der Waals surface area contributed by atoms with Crippen LogP contribution in [0.5, 0.6) is 0 Å². The highest BCUT2D eigenvalue weighted by Crippen LogP contribution is 2.22. The van der Waals surface area contributed by atoms with Gasteiger partial charge in [-0.15, -0.1) is 0 Å². The zero-order valence-electron chi connectivity index (χ0n) is 12.5. The van der Waals surface area contributed by atoms with Crippen molar-refractivity contribution in [2.75, 3.05) is 0 Å². The van der Waals surface area contributed by atoms with Crippen molar-refractivity contribution in [1.29, 1.82) is 0 Å². The minimum absolute atomic E-state index is 0.142. The molecule has 0 unspecified atom stereocenters. The standard InChI is InChI=1S/C21H19N/c1-4-10-18(11-5-1)16-21(20-14-8-3-9-15-20)22-17-19-12-6-2-7-13-19/h1-15,17,21H,16H2/t21-/m1/s1. The van der Waals surface area contributed by atoms with Gasteiger partial charge in [0.1, 0.15) is 0 Å². The molecular weight excluding hydrogens is 266 g/mol. The fourth-order valence-corrected chi connectivity index (χ4v) is 2.48. The van der Waals surface area contributed by atoms with Crippen molar-refractivity contribution in [2.45, 2.75) is 12.5 Å². The third-order valence-electron chi connectivity index (χ3n) is 3.66. The minimum atomic E-state index is 0.142. The van der Waals surface area contributed by atoms with Crippen LogP contribution in [0.15, 0.2) is 96.0 Å². The normalized spacial score (nSPS) is 12.4. The average molecular weight is 285 g/mol. The lowest BCUT2D eigenvalue weighted by molar-refractivity contribution is 0.728. The van der Waals surface area contributed by atoms with E-state index in [0.717, 1.165) is 12.0 Å². The number of benzene rings is 3. The number of hydrogen-bond acceptors (Lipinski definition) is 1. The van der Waals surface area contributed by atoms with Crippen molar-refractivity contribution >= 4 is 6.21 Å². The number of aliphatic imine (C=N–C) groups is 1. The second-order valence-corrected chi connectivity index (χ2v) is 5.31. The first-order valence-electron chi connectivity index (χ1n) is 7.59. The Labute approximate surface area is 132 Å². The SMILES string of the molecule is C(=N[C@H](Cc1ccccc1)c1ccccc1)c1ccccc1. The largest absolute Gasteiger partial charge is 0.284 e. The van der Waals surface area contributed by atoms with Gasteiger partial charge in [0.05, 0.1) is 6.04 Å². The highest BCUT2D eigenvalue weighted by Gasteiger charge is 2.09. The summed E-state index contributed by atoms with van der Waals surface area (Å²) in [6, 6.07) is 31.4. The molecule has 0 spiro atoms. The lowest BCUT2D eigenvalue weighted by Crippen LogP contribution is -2.01. The molecular formula is C21H19N. The van der Waals surface area contributed by atoms with E-state index in [-0.39, 0.29) is 6.04 Å². The van der Waals surface area contributed by atoms with E-state index < -0.39 is 0 Å². The first kappa shape index (κ1) is 14.3. The fraction of sp³-hybridized carbons (Fsp3) is 0.0952. The molecule has 0 saturated carbocycles. The van der Waals surface area contributed by atoms with E-state index >= 15 is 0 Å². The number of rotatable bonds is 5. The Morgan fingerprint density at radius 1 is 0.682 bits per heavy atom. The summed E-state index contributed by atoms with van der Waals surface area (Å²) in [4.78, 5) is 4.83. The van der Waals surface area contributed by atoms with E-state index in [4.69, 9.17) is 4.99 Å². The van der Waals surface area contributed by atoms with E-state index in [9.17, 15) is 0 Å². The molecule has 0 bridgehead atoms. The maximum Gasteiger partial charge on any atom is 0.0789 e. The zero-order valence-corrected chi connectivity index (χ0v) is 12.5. The minimum Gasteiger partial charge on any atom is -0.284 e. The van der Waals surface area contributed by atoms with Crippen LogP contribution < -0.4 is 0 Å². The Morgan fingerprint density at radius 3 is 1.86 bits per heavy atom. The van der Waals surface area contributed by atoms with Crippen LogP contribution in [0.2, 0.25) is 0 Å². The van der Waals surface area contributed by atoms with Gasteiger partial charge in [-0.05, 0) is 23.1 Å². The van der Waals surface area contributed by atoms with Crippen LogP contribution >= 0.6 is 0 Å². The van der Waals surface area contributed by atoms with Gasteiger partial charge < -0.3 is 0 Å². The highest BCUT2D eigenvalue weighted by molar-refractivity contribution is 5.79. The summed E-state index contributed by atoms with van der Waals surface area (Å²) in [5.74, 6) is 0. The third-order valence-corrected chi connectivity index (χ3v) is 3.66. The van der Waals surface area contributed by atoms with E-state index in [1.807, 2.05) is 36.5 Å². The summed E-state index contributed by atoms with van der Waals surface area (Å²) in [7, 11) is 0. The van der Waals surface area contributed by atoms with E-state index in [1.54, 1.807) is 0 Å². The maximum atomic E-state index is 4.83. The predicted molar refractivity (Wildman–Crippen MR) is 93.4 cm³/mol. The molecule has 0 radical (unpaired) electrons. The molecule has 3 aromatic rings. The molecule has 3 aromatic carbocycles. The van der Waals surface area contributed by atoms with Gasteiger partial charge in [0.15, 0.2) is 0 Å². The molecule has 0 aliphatic heterocycles. The third kappa shape index (κ3) is 3.92. The molecule has 0 saturated heterocycles. The van der Waals surface area contributed by atoms with Crippen LogP contribution in [-0.4, -0.2) is 6.21 Å². The fourth-order valence-electron chi connectivity index (χ4n) is 2.48. The molecule has 0 N–H and O–H groups in total. The van der Waals surface area contributed by atoms with Gasteiger partial charge in [-0.2, -0.15) is 0 Å². The highest BCUT2D eigenvalue weighted by atomic mass is 14.8. The Morgan fingerprint density at radius 2 is 1.23 bits per heavy atom. The monoisotopic (exact) mass is 285 g/mol. The lowest BCUT2D eigenvalue weighted by Gasteiger charge is -2.13. The Kier molecular flexibility index (Phi) is 4.78. The average Bonchev–Trinajstić information content (AvgIpc) is 2.61. The first-order valence-corrected chi connectivity index (χ1v) is 7.59. The molecule has 108 valence electrons. The van der Waals surface area contributed by atoms with E-state index in [0.29, 0.717) is 0 Å². The first-order chi connectivity index (χ1) is 10.9. The van der Waals surface area contributed by atoms with Crippen molar-refractivity contribution < 1.29 is 0 Å². The Balaban J connectivity index is 1.85. The number of nitrogens with zero attached hydrogens (tertiary/aromatic N) is 1. The van der Waals surface area contributed by atoms with Gasteiger partial charge in [0.2, 0.25) is 0 Å². The van der Waals surface area contributed by atoms with Crippen LogP contribution in [0.25, 0.3) is 0 Å². The van der Waals surface area contributed by atoms with Gasteiger partial charge in [-0.3, -0.25) is 4.99 Å². The quantitative estimate of drug-likeness (QED) is 0.579. The summed E-state index contributed by atoms with van der Waals surface area (Å²) in [6.07, 6.45) is 2.88. The molecule has 0 aliphatic rings. The molecule has 3 rings (SSSR count). The molecule has 1 heteroatoms. The van der Waals surface area contributed by atoms with Crippen molar-refractivity contribution in [3.63, 3.8) is 0 Å². The van der Waals surface area contributed by atoms with Crippen molar-refractivity contribution in [1.82, 2.24) is 0 Å². The smallest absolute Gasteiger partial charge is 0.0789 e. The summed E-state index contributed by atoms with van der Waals surface area (Å²) in [5, 5.41) is 0. The lowest BCUT2D eigenvalue weighted by atomic mass is 9.99. The van der Waals surface area contributed by atoms with Gasteiger partial charge in [0.25, 0.3) is 0 Å². The molecule has 0 heterocycles. The van der Waals surface area contributed by atoms with Crippen molar-refractivity contribution in [3.8, 4) is 0 Å². The zero-order chi connectivity index (χ0) is 15.0. The number of hydrogen-bond donors (Lipinski definition) is 0.